The predicted octanol–water partition coefficient (Wildman–Crippen LogP) is 1.91. The van der Waals surface area contributed by atoms with E-state index in [1.807, 2.05) is 0 Å². The quantitative estimate of drug-likeness (QED) is 0.773. The van der Waals surface area contributed by atoms with Gasteiger partial charge in [-0.3, -0.25) is 0 Å². The highest BCUT2D eigenvalue weighted by Crippen LogP contribution is 2.29. The summed E-state index contributed by atoms with van der Waals surface area (Å²) >= 11 is 0. The predicted molar refractivity (Wildman–Crippen MR) is 58.1 cm³/mol. The monoisotopic (exact) mass is 220 g/mol. The van der Waals surface area contributed by atoms with Crippen LogP contribution in [0.5, 0.6) is 5.75 Å². The highest BCUT2D eigenvalue weighted by atomic mass is 16.6. The zero-order valence-electron chi connectivity index (χ0n) is 9.06. The summed E-state index contributed by atoms with van der Waals surface area (Å²) in [6.45, 7) is 1.63. The Morgan fingerprint density at radius 3 is 2.38 bits per heavy atom. The van der Waals surface area contributed by atoms with Gasteiger partial charge in [-0.25, -0.2) is 4.79 Å². The molecule has 0 aliphatic carbocycles. The highest BCUT2D eigenvalue weighted by molar-refractivity contribution is 6.19. The Bertz CT molecular complexity index is 445. The molecule has 0 amide bonds. The summed E-state index contributed by atoms with van der Waals surface area (Å²) in [5, 5.41) is 9.71. The smallest absolute Gasteiger partial charge is 0.343 e. The number of carbonyl (C=O) groups excluding carboxylic acids is 1. The van der Waals surface area contributed by atoms with E-state index in [1.165, 1.54) is 0 Å². The van der Waals surface area contributed by atoms with Crippen LogP contribution in [0.2, 0.25) is 0 Å². The molecule has 1 aromatic rings. The van der Waals surface area contributed by atoms with E-state index in [-0.39, 0.29) is 11.3 Å². The lowest BCUT2D eigenvalue weighted by atomic mass is 10.0. The van der Waals surface area contributed by atoms with Gasteiger partial charge < -0.3 is 14.6 Å². The van der Waals surface area contributed by atoms with Gasteiger partial charge in [0.1, 0.15) is 17.1 Å². The van der Waals surface area contributed by atoms with Gasteiger partial charge in [0.15, 0.2) is 6.10 Å². The lowest BCUT2D eigenvalue weighted by molar-refractivity contribution is -0.137. The average Bonchev–Trinajstić information content (AvgIpc) is 2.54. The number of aliphatic hydroxyl groups is 1. The third-order valence-corrected chi connectivity index (χ3v) is 2.51. The molecule has 0 saturated heterocycles. The number of ether oxygens (including phenoxy) is 2. The number of cyclic esters (lactones) is 1. The SMILES string of the molecule is COc1ccc(C2=C(O)C(C)OC2=O)cc1. The molecule has 1 aliphatic rings. The first kappa shape index (κ1) is 10.5. The van der Waals surface area contributed by atoms with Crippen molar-refractivity contribution < 1.29 is 19.4 Å². The summed E-state index contributed by atoms with van der Waals surface area (Å²) in [5.41, 5.74) is 0.864. The molecule has 1 heterocycles. The van der Waals surface area contributed by atoms with E-state index >= 15 is 0 Å². The fourth-order valence-electron chi connectivity index (χ4n) is 1.61. The van der Waals surface area contributed by atoms with Crippen LogP contribution in [0, 0.1) is 0 Å². The molecule has 4 heteroatoms. The molecule has 1 atom stereocenters. The number of hydrogen-bond acceptors (Lipinski definition) is 4. The van der Waals surface area contributed by atoms with Crippen molar-refractivity contribution >= 4 is 11.5 Å². The molecule has 1 N–H and O–H groups in total. The minimum absolute atomic E-state index is 0.0184. The Labute approximate surface area is 93.1 Å². The van der Waals surface area contributed by atoms with Crippen molar-refractivity contribution in [2.45, 2.75) is 13.0 Å². The Morgan fingerprint density at radius 2 is 1.94 bits per heavy atom. The molecule has 1 aromatic carbocycles. The van der Waals surface area contributed by atoms with Gasteiger partial charge in [0.05, 0.1) is 7.11 Å². The molecule has 0 spiro atoms. The molecule has 84 valence electrons. The maximum absolute atomic E-state index is 11.5. The largest absolute Gasteiger partial charge is 0.507 e. The summed E-state index contributed by atoms with van der Waals surface area (Å²) in [7, 11) is 1.57. The summed E-state index contributed by atoms with van der Waals surface area (Å²) in [4.78, 5) is 11.5. The van der Waals surface area contributed by atoms with Crippen LogP contribution in [0.1, 0.15) is 12.5 Å². The molecule has 1 aliphatic heterocycles. The fourth-order valence-corrected chi connectivity index (χ4v) is 1.61. The lowest BCUT2D eigenvalue weighted by Crippen LogP contribution is -2.05. The molecule has 0 saturated carbocycles. The van der Waals surface area contributed by atoms with E-state index in [0.29, 0.717) is 11.3 Å². The van der Waals surface area contributed by atoms with Gasteiger partial charge >= 0.3 is 5.97 Å². The number of esters is 1. The zero-order chi connectivity index (χ0) is 11.7. The van der Waals surface area contributed by atoms with E-state index in [1.54, 1.807) is 38.3 Å². The number of methoxy groups -OCH3 is 1. The van der Waals surface area contributed by atoms with E-state index in [2.05, 4.69) is 0 Å². The summed E-state index contributed by atoms with van der Waals surface area (Å²) in [6, 6.07) is 6.88. The second-order valence-electron chi connectivity index (χ2n) is 3.54. The van der Waals surface area contributed by atoms with Crippen molar-refractivity contribution in [3.05, 3.63) is 35.6 Å². The second-order valence-corrected chi connectivity index (χ2v) is 3.54. The van der Waals surface area contributed by atoms with Crippen LogP contribution >= 0.6 is 0 Å². The number of benzene rings is 1. The first-order valence-corrected chi connectivity index (χ1v) is 4.92. The molecule has 0 aromatic heterocycles. The second kappa shape index (κ2) is 3.89. The summed E-state index contributed by atoms with van der Waals surface area (Å²) in [5.74, 6) is 0.189. The topological polar surface area (TPSA) is 55.8 Å². The van der Waals surface area contributed by atoms with Gasteiger partial charge in [0, 0.05) is 0 Å². The van der Waals surface area contributed by atoms with Crippen LogP contribution in [-0.4, -0.2) is 24.3 Å². The number of carbonyl (C=O) groups is 1. The van der Waals surface area contributed by atoms with Crippen LogP contribution in [0.25, 0.3) is 5.57 Å². The van der Waals surface area contributed by atoms with Gasteiger partial charge in [-0.05, 0) is 24.6 Å². The summed E-state index contributed by atoms with van der Waals surface area (Å²) in [6.07, 6.45) is -0.565. The minimum atomic E-state index is -0.565. The van der Waals surface area contributed by atoms with Crippen LogP contribution < -0.4 is 4.74 Å². The van der Waals surface area contributed by atoms with E-state index in [9.17, 15) is 9.90 Å². The first-order valence-electron chi connectivity index (χ1n) is 4.92. The summed E-state index contributed by atoms with van der Waals surface area (Å²) < 4.78 is 9.91. The first-order chi connectivity index (χ1) is 7.63. The third-order valence-electron chi connectivity index (χ3n) is 2.51. The van der Waals surface area contributed by atoms with Crippen LogP contribution in [0.4, 0.5) is 0 Å². The van der Waals surface area contributed by atoms with E-state index in [4.69, 9.17) is 9.47 Å². The van der Waals surface area contributed by atoms with Gasteiger partial charge in [0.25, 0.3) is 0 Å². The van der Waals surface area contributed by atoms with Crippen molar-refractivity contribution in [1.82, 2.24) is 0 Å². The lowest BCUT2D eigenvalue weighted by Gasteiger charge is -2.02. The van der Waals surface area contributed by atoms with Gasteiger partial charge in [-0.1, -0.05) is 12.1 Å². The Hall–Kier alpha value is -1.97. The van der Waals surface area contributed by atoms with Gasteiger partial charge in [-0.15, -0.1) is 0 Å². The number of rotatable bonds is 2. The maximum Gasteiger partial charge on any atom is 0.343 e. The minimum Gasteiger partial charge on any atom is -0.507 e. The highest BCUT2D eigenvalue weighted by Gasteiger charge is 2.31. The maximum atomic E-state index is 11.5. The Kier molecular flexibility index (Phi) is 2.56. The molecule has 1 unspecified atom stereocenters. The number of hydrogen-bond donors (Lipinski definition) is 1. The molecule has 0 radical (unpaired) electrons. The standard InChI is InChI=1S/C12H12O4/c1-7-11(13)10(12(14)16-7)8-3-5-9(15-2)6-4-8/h3-7,13H,1-2H3. The van der Waals surface area contributed by atoms with Crippen molar-refractivity contribution in [2.75, 3.05) is 7.11 Å². The van der Waals surface area contributed by atoms with E-state index < -0.39 is 12.1 Å². The Balaban J connectivity index is 2.40. The normalized spacial score (nSPS) is 19.9. The fraction of sp³-hybridized carbons (Fsp3) is 0.250. The molecular weight excluding hydrogens is 208 g/mol. The molecule has 4 nitrogen and oxygen atoms in total. The van der Waals surface area contributed by atoms with Crippen LogP contribution in [-0.2, 0) is 9.53 Å². The molecule has 0 bridgehead atoms. The molecule has 16 heavy (non-hydrogen) atoms. The zero-order valence-corrected chi connectivity index (χ0v) is 9.06. The van der Waals surface area contributed by atoms with Crippen molar-refractivity contribution in [3.63, 3.8) is 0 Å². The number of aliphatic hydroxyl groups excluding tert-OH is 1. The van der Waals surface area contributed by atoms with E-state index in [0.717, 1.165) is 0 Å². The molecule has 0 fully saturated rings. The third kappa shape index (κ3) is 1.62. The Morgan fingerprint density at radius 1 is 1.31 bits per heavy atom. The van der Waals surface area contributed by atoms with Crippen molar-refractivity contribution in [3.8, 4) is 5.75 Å². The van der Waals surface area contributed by atoms with Crippen LogP contribution in [0.3, 0.4) is 0 Å². The van der Waals surface area contributed by atoms with Gasteiger partial charge in [0.2, 0.25) is 0 Å². The van der Waals surface area contributed by atoms with Crippen LogP contribution in [0.15, 0.2) is 30.0 Å². The average molecular weight is 220 g/mol. The molecule has 2 rings (SSSR count). The van der Waals surface area contributed by atoms with Crippen molar-refractivity contribution in [1.29, 1.82) is 0 Å². The van der Waals surface area contributed by atoms with Crippen molar-refractivity contribution in [2.24, 2.45) is 0 Å². The van der Waals surface area contributed by atoms with Gasteiger partial charge in [-0.2, -0.15) is 0 Å². The molecular formula is C12H12O4.